The van der Waals surface area contributed by atoms with Crippen LogP contribution in [0.2, 0.25) is 0 Å². The van der Waals surface area contributed by atoms with Crippen molar-refractivity contribution in [1.82, 2.24) is 16.0 Å². The number of nitrogens with one attached hydrogen (secondary N) is 3. The number of alkyl halides is 1. The molecule has 0 bridgehead atoms. The van der Waals surface area contributed by atoms with Crippen LogP contribution in [0.1, 0.15) is 13.8 Å². The second-order valence-corrected chi connectivity index (χ2v) is 13.7. The summed E-state index contributed by atoms with van der Waals surface area (Å²) in [5.74, 6) is -5.81. The van der Waals surface area contributed by atoms with E-state index in [4.69, 9.17) is 42.6 Å². The fourth-order valence-electron chi connectivity index (χ4n) is 6.53. The molecule has 57 heavy (non-hydrogen) atoms. The number of carbonyl (C=O) groups is 5. The molecule has 0 spiro atoms. The number of rotatable bonds is 14. The number of carboxylic acids is 2. The molecule has 4 saturated heterocycles. The van der Waals surface area contributed by atoms with Gasteiger partial charge in [-0.1, -0.05) is 15.9 Å². The molecule has 26 nitrogen and oxygen atoms in total. The Morgan fingerprint density at radius 1 is 0.526 bits per heavy atom. The number of ether oxygens (including phenoxy) is 9. The van der Waals surface area contributed by atoms with Gasteiger partial charge < -0.3 is 105 Å². The fourth-order valence-corrected chi connectivity index (χ4v) is 6.70. The topological polar surface area (TPSA) is 387 Å². The van der Waals surface area contributed by atoms with E-state index >= 15 is 0 Å². The van der Waals surface area contributed by atoms with Gasteiger partial charge in [0.1, 0.15) is 73.1 Å². The highest BCUT2D eigenvalue weighted by atomic mass is 79.9. The smallest absolute Gasteiger partial charge is 0.335 e. The van der Waals surface area contributed by atoms with E-state index in [9.17, 15) is 69.9 Å². The van der Waals surface area contributed by atoms with Gasteiger partial charge in [-0.2, -0.15) is 0 Å². The van der Waals surface area contributed by atoms with Crippen LogP contribution in [-0.4, -0.2) is 218 Å². The van der Waals surface area contributed by atoms with Crippen molar-refractivity contribution in [3.8, 4) is 0 Å². The van der Waals surface area contributed by atoms with Crippen molar-refractivity contribution in [2.24, 2.45) is 0 Å². The molecular formula is C30H46BrN3O23. The number of aliphatic carboxylic acids is 2. The number of methoxy groups -OCH3 is 2. The number of hydrogen-bond donors (Lipinski definition) is 12. The first-order valence-electron chi connectivity index (χ1n) is 17.0. The first-order valence-corrected chi connectivity index (χ1v) is 18.1. The number of halogens is 1. The van der Waals surface area contributed by atoms with Crippen molar-refractivity contribution in [3.05, 3.63) is 0 Å². The lowest BCUT2D eigenvalue weighted by molar-refractivity contribution is -0.385. The van der Waals surface area contributed by atoms with Crippen molar-refractivity contribution < 1.29 is 113 Å². The third kappa shape index (κ3) is 10.5. The van der Waals surface area contributed by atoms with Gasteiger partial charge in [0.25, 0.3) is 0 Å². The van der Waals surface area contributed by atoms with Crippen LogP contribution >= 0.6 is 15.9 Å². The summed E-state index contributed by atoms with van der Waals surface area (Å²) >= 11 is 2.97. The summed E-state index contributed by atoms with van der Waals surface area (Å²) in [6.07, 6.45) is -35.8. The molecule has 0 radical (unpaired) electrons. The van der Waals surface area contributed by atoms with E-state index in [1.165, 1.54) is 0 Å². The Morgan fingerprint density at radius 3 is 1.47 bits per heavy atom. The van der Waals surface area contributed by atoms with Crippen molar-refractivity contribution in [1.29, 1.82) is 0 Å². The number of hydrogen-bond acceptors (Lipinski definition) is 21. The van der Waals surface area contributed by atoms with E-state index in [0.29, 0.717) is 0 Å². The average Bonchev–Trinajstić information content (AvgIpc) is 3.14. The van der Waals surface area contributed by atoms with Crippen LogP contribution in [-0.2, 0) is 66.6 Å². The third-order valence-corrected chi connectivity index (χ3v) is 9.72. The van der Waals surface area contributed by atoms with E-state index in [0.717, 1.165) is 28.1 Å². The molecule has 20 atom stereocenters. The molecule has 4 heterocycles. The van der Waals surface area contributed by atoms with Gasteiger partial charge in [0, 0.05) is 28.1 Å². The van der Waals surface area contributed by atoms with Gasteiger partial charge >= 0.3 is 11.9 Å². The summed E-state index contributed by atoms with van der Waals surface area (Å²) in [4.78, 5) is 61.1. The number of aliphatic hydroxyl groups is 7. The lowest BCUT2D eigenvalue weighted by Crippen LogP contribution is -2.71. The van der Waals surface area contributed by atoms with E-state index in [-0.39, 0.29) is 5.33 Å². The van der Waals surface area contributed by atoms with E-state index in [1.54, 1.807) is 0 Å². The fraction of sp³-hybridized carbons (Fsp3) is 0.833. The highest BCUT2D eigenvalue weighted by Gasteiger charge is 2.58. The highest BCUT2D eigenvalue weighted by Crippen LogP contribution is 2.35. The van der Waals surface area contributed by atoms with Crippen LogP contribution in [0.15, 0.2) is 0 Å². The molecule has 12 N–H and O–H groups in total. The molecule has 0 aliphatic carbocycles. The number of amides is 3. The van der Waals surface area contributed by atoms with Crippen LogP contribution in [0.25, 0.3) is 0 Å². The summed E-state index contributed by atoms with van der Waals surface area (Å²) in [7, 11) is 2.15. The highest BCUT2D eigenvalue weighted by molar-refractivity contribution is 9.09. The minimum atomic E-state index is -2.28. The van der Waals surface area contributed by atoms with Crippen molar-refractivity contribution in [2.45, 2.75) is 137 Å². The summed E-state index contributed by atoms with van der Waals surface area (Å²) < 4.78 is 49.4. The zero-order valence-electron chi connectivity index (χ0n) is 30.4. The molecule has 4 fully saturated rings. The van der Waals surface area contributed by atoms with Crippen LogP contribution in [0.3, 0.4) is 0 Å². The molecule has 4 rings (SSSR count). The Balaban J connectivity index is 1.63. The lowest BCUT2D eigenvalue weighted by Gasteiger charge is -2.49. The molecule has 27 heteroatoms. The minimum Gasteiger partial charge on any atom is -0.479 e. The summed E-state index contributed by atoms with van der Waals surface area (Å²) in [6.45, 7) is 2.07. The molecule has 12 unspecified atom stereocenters. The summed E-state index contributed by atoms with van der Waals surface area (Å²) in [5, 5.41) is 102. The number of aliphatic hydroxyl groups excluding tert-OH is 7. The molecule has 0 saturated carbocycles. The van der Waals surface area contributed by atoms with Crippen molar-refractivity contribution in [2.75, 3.05) is 19.5 Å². The van der Waals surface area contributed by atoms with Gasteiger partial charge in [-0.05, 0) is 0 Å². The second-order valence-electron chi connectivity index (χ2n) is 13.2. The van der Waals surface area contributed by atoms with Crippen molar-refractivity contribution >= 4 is 45.6 Å². The monoisotopic (exact) mass is 895 g/mol. The van der Waals surface area contributed by atoms with E-state index in [2.05, 4.69) is 31.9 Å². The maximum atomic E-state index is 12.6. The normalized spacial score (nSPS) is 43.7. The van der Waals surface area contributed by atoms with Gasteiger partial charge in [0.05, 0.1) is 5.33 Å². The lowest BCUT2D eigenvalue weighted by atomic mass is 9.95. The maximum Gasteiger partial charge on any atom is 0.335 e. The molecule has 0 aromatic rings. The Labute approximate surface area is 330 Å². The first-order chi connectivity index (χ1) is 26.7. The standard InChI is InChI=1S/C30H46BrN3O23/c1-6(35)32-9-18(16(43)27(49-3)56-23(9)34-8(37)5-31)51-30-15(42)13(40)20(22(55-30)25(47)48)53-26-10(33-7(2)36)19(17(44)28(50-4)57-26)52-29-14(41)11(38)12(39)21(54-29)24(45)46/h9-23,26-30,38-44H,5H2,1-4H3,(H,32,35)(H,33,36)(H,34,37)(H,45,46)(H,47,48)/t9?,10?,11?,12-,13?,14?,15?,16-,17-,18?,19?,20-,21?,22?,23+,26+,27?,28?,29+,30+/m0/s1. The predicted octanol–water partition coefficient (Wildman–Crippen LogP) is -7.53. The summed E-state index contributed by atoms with van der Waals surface area (Å²) in [5.41, 5.74) is 0. The largest absolute Gasteiger partial charge is 0.479 e. The molecule has 4 aliphatic rings. The van der Waals surface area contributed by atoms with Gasteiger partial charge in [0.15, 0.2) is 49.9 Å². The van der Waals surface area contributed by atoms with Crippen LogP contribution in [0.5, 0.6) is 0 Å². The Morgan fingerprint density at radius 2 is 0.982 bits per heavy atom. The zero-order chi connectivity index (χ0) is 42.6. The van der Waals surface area contributed by atoms with Crippen LogP contribution in [0.4, 0.5) is 0 Å². The predicted molar refractivity (Wildman–Crippen MR) is 178 cm³/mol. The second kappa shape index (κ2) is 20.0. The zero-order valence-corrected chi connectivity index (χ0v) is 32.0. The van der Waals surface area contributed by atoms with Gasteiger partial charge in [-0.3, -0.25) is 14.4 Å². The number of carbonyl (C=O) groups excluding carboxylic acids is 3. The van der Waals surface area contributed by atoms with Gasteiger partial charge in [-0.25, -0.2) is 9.59 Å². The van der Waals surface area contributed by atoms with Gasteiger partial charge in [0.2, 0.25) is 17.7 Å². The van der Waals surface area contributed by atoms with Crippen LogP contribution < -0.4 is 16.0 Å². The number of carboxylic acid groups (broad SMARTS) is 2. The van der Waals surface area contributed by atoms with E-state index in [1.807, 2.05) is 0 Å². The molecule has 0 aromatic carbocycles. The Hall–Kier alpha value is -2.81. The van der Waals surface area contributed by atoms with E-state index < -0.39 is 153 Å². The Kier molecular flexibility index (Phi) is 16.4. The molecular weight excluding hydrogens is 850 g/mol. The summed E-state index contributed by atoms with van der Waals surface area (Å²) in [6, 6.07) is -3.21. The first kappa shape index (κ1) is 46.9. The SMILES string of the molecule is COC1O[C@@H](O[C@@H]2C(C(=O)O)O[C@@H](OC3C(NC(C)=O)[C@H](NC(=O)CBr)OC(OC)[C@H]3O)C(O)C2O)C(NC(C)=O)C(O[C@@H]2OC(C(=O)O)[C@@H](O)C(O)C2O)[C@@H]1O. The van der Waals surface area contributed by atoms with Crippen LogP contribution in [0, 0.1) is 0 Å². The maximum absolute atomic E-state index is 12.6. The quantitative estimate of drug-likeness (QED) is 0.0721. The molecule has 3 amide bonds. The molecule has 326 valence electrons. The minimum absolute atomic E-state index is 0.219. The molecule has 4 aliphatic heterocycles. The third-order valence-electron chi connectivity index (χ3n) is 9.21. The van der Waals surface area contributed by atoms with Crippen molar-refractivity contribution in [3.63, 3.8) is 0 Å². The Bertz CT molecular complexity index is 1430. The molecule has 0 aromatic heterocycles. The average molecular weight is 897 g/mol. The van der Waals surface area contributed by atoms with Gasteiger partial charge in [-0.15, -0.1) is 0 Å².